The van der Waals surface area contributed by atoms with Crippen molar-refractivity contribution in [2.45, 2.75) is 37.1 Å². The Morgan fingerprint density at radius 2 is 2.14 bits per heavy atom. The summed E-state index contributed by atoms with van der Waals surface area (Å²) < 4.78 is 28.0. The van der Waals surface area contributed by atoms with Crippen molar-refractivity contribution in [3.8, 4) is 5.75 Å². The van der Waals surface area contributed by atoms with Gasteiger partial charge in [-0.2, -0.15) is 0 Å². The van der Waals surface area contributed by atoms with E-state index in [0.29, 0.717) is 5.92 Å². The zero-order valence-corrected chi connectivity index (χ0v) is 13.5. The maximum Gasteiger partial charge on any atom is 0.265 e. The van der Waals surface area contributed by atoms with E-state index in [1.165, 1.54) is 38.2 Å². The molecule has 0 aromatic heterocycles. The summed E-state index contributed by atoms with van der Waals surface area (Å²) in [5, 5.41) is 2.87. The molecule has 1 amide bonds. The van der Waals surface area contributed by atoms with Crippen LogP contribution in [0.1, 0.15) is 36.5 Å². The highest BCUT2D eigenvalue weighted by atomic mass is 35.7. The van der Waals surface area contributed by atoms with Crippen molar-refractivity contribution in [3.05, 3.63) is 23.8 Å². The van der Waals surface area contributed by atoms with Crippen LogP contribution in [0.25, 0.3) is 0 Å². The number of methoxy groups -OCH3 is 1. The largest absolute Gasteiger partial charge is 0.495 e. The highest BCUT2D eigenvalue weighted by molar-refractivity contribution is 8.13. The van der Waals surface area contributed by atoms with Gasteiger partial charge in [-0.25, -0.2) is 8.42 Å². The average molecular weight is 332 g/mol. The van der Waals surface area contributed by atoms with Gasteiger partial charge in [0.1, 0.15) is 10.6 Å². The number of carbonyl (C=O) groups is 1. The van der Waals surface area contributed by atoms with E-state index in [-0.39, 0.29) is 28.2 Å². The molecule has 0 heterocycles. The van der Waals surface area contributed by atoms with E-state index in [1.54, 1.807) is 0 Å². The second-order valence-corrected chi connectivity index (χ2v) is 7.89. The van der Waals surface area contributed by atoms with Crippen LogP contribution in [-0.4, -0.2) is 27.5 Å². The lowest BCUT2D eigenvalue weighted by molar-refractivity contribution is 0.0937. The number of benzene rings is 1. The van der Waals surface area contributed by atoms with E-state index in [1.807, 2.05) is 6.92 Å². The molecule has 1 atom stereocenters. The molecule has 0 aliphatic heterocycles. The third kappa shape index (κ3) is 4.35. The van der Waals surface area contributed by atoms with Crippen LogP contribution in [0.4, 0.5) is 0 Å². The van der Waals surface area contributed by atoms with Crippen molar-refractivity contribution < 1.29 is 17.9 Å². The number of amides is 1. The van der Waals surface area contributed by atoms with Gasteiger partial charge in [-0.15, -0.1) is 0 Å². The molecule has 1 aliphatic rings. The Hall–Kier alpha value is -1.27. The van der Waals surface area contributed by atoms with Crippen molar-refractivity contribution in [3.63, 3.8) is 0 Å². The Balaban J connectivity index is 2.17. The molecule has 7 heteroatoms. The predicted molar refractivity (Wildman–Crippen MR) is 80.3 cm³/mol. The van der Waals surface area contributed by atoms with E-state index in [0.717, 1.165) is 6.42 Å². The Labute approximate surface area is 129 Å². The lowest BCUT2D eigenvalue weighted by atomic mass is 10.1. The van der Waals surface area contributed by atoms with Gasteiger partial charge in [-0.3, -0.25) is 4.79 Å². The summed E-state index contributed by atoms with van der Waals surface area (Å²) in [5.74, 6) is 0.509. The van der Waals surface area contributed by atoms with Crippen molar-refractivity contribution in [2.75, 3.05) is 7.11 Å². The summed E-state index contributed by atoms with van der Waals surface area (Å²) in [6.07, 6.45) is 3.39. The first-order chi connectivity index (χ1) is 9.81. The second kappa shape index (κ2) is 6.23. The summed E-state index contributed by atoms with van der Waals surface area (Å²) in [6.45, 7) is 1.94. The summed E-state index contributed by atoms with van der Waals surface area (Å²) in [7, 11) is 2.74. The molecular formula is C14H18ClNO4S. The molecule has 116 valence electrons. The number of hydrogen-bond donors (Lipinski definition) is 1. The molecule has 0 radical (unpaired) electrons. The van der Waals surface area contributed by atoms with Gasteiger partial charge in [-0.05, 0) is 37.5 Å². The summed E-state index contributed by atoms with van der Waals surface area (Å²) in [5.41, 5.74) is 0.248. The van der Waals surface area contributed by atoms with Gasteiger partial charge in [0.05, 0.1) is 7.11 Å². The molecule has 0 spiro atoms. The molecule has 1 fully saturated rings. The average Bonchev–Trinajstić information content (AvgIpc) is 3.20. The topological polar surface area (TPSA) is 72.5 Å². The van der Waals surface area contributed by atoms with Crippen LogP contribution in [0.2, 0.25) is 0 Å². The van der Waals surface area contributed by atoms with Crippen molar-refractivity contribution in [1.29, 1.82) is 0 Å². The molecule has 0 saturated heterocycles. The Morgan fingerprint density at radius 1 is 1.48 bits per heavy atom. The maximum absolute atomic E-state index is 12.1. The van der Waals surface area contributed by atoms with Gasteiger partial charge >= 0.3 is 0 Å². The van der Waals surface area contributed by atoms with Crippen LogP contribution in [0.5, 0.6) is 5.75 Å². The molecule has 1 aromatic carbocycles. The zero-order chi connectivity index (χ0) is 15.6. The van der Waals surface area contributed by atoms with Gasteiger partial charge in [0.15, 0.2) is 0 Å². The number of carbonyl (C=O) groups excluding carboxylic acids is 1. The Kier molecular flexibility index (Phi) is 4.78. The van der Waals surface area contributed by atoms with Crippen LogP contribution < -0.4 is 10.1 Å². The van der Waals surface area contributed by atoms with E-state index >= 15 is 0 Å². The standard InChI is InChI=1S/C14H18ClNO4S/c1-9(7-10-3-4-10)16-14(17)11-5-6-12(20-2)13(8-11)21(15,18)19/h5-6,8-10H,3-4,7H2,1-2H3,(H,16,17). The second-order valence-electron chi connectivity index (χ2n) is 5.36. The Bertz CT molecular complexity index is 640. The maximum atomic E-state index is 12.1. The molecule has 1 aromatic rings. The van der Waals surface area contributed by atoms with Crippen molar-refractivity contribution >= 4 is 25.6 Å². The molecule has 1 aliphatic carbocycles. The molecule has 0 bridgehead atoms. The van der Waals surface area contributed by atoms with Crippen LogP contribution in [-0.2, 0) is 9.05 Å². The van der Waals surface area contributed by atoms with Gasteiger partial charge in [0, 0.05) is 22.3 Å². The fourth-order valence-corrected chi connectivity index (χ4v) is 3.25. The molecule has 21 heavy (non-hydrogen) atoms. The third-order valence-corrected chi connectivity index (χ3v) is 4.79. The molecule has 2 rings (SSSR count). The van der Waals surface area contributed by atoms with Crippen LogP contribution >= 0.6 is 10.7 Å². The summed E-state index contributed by atoms with van der Waals surface area (Å²) in [4.78, 5) is 11.9. The number of ether oxygens (including phenoxy) is 1. The number of halogens is 1. The summed E-state index contributed by atoms with van der Waals surface area (Å²) in [6, 6.07) is 4.24. The predicted octanol–water partition coefficient (Wildman–Crippen LogP) is 2.54. The van der Waals surface area contributed by atoms with Crippen LogP contribution in [0.3, 0.4) is 0 Å². The van der Waals surface area contributed by atoms with Crippen molar-refractivity contribution in [1.82, 2.24) is 5.32 Å². The molecular weight excluding hydrogens is 314 g/mol. The van der Waals surface area contributed by atoms with E-state index in [9.17, 15) is 13.2 Å². The third-order valence-electron chi connectivity index (χ3n) is 3.45. The first-order valence-corrected chi connectivity index (χ1v) is 9.05. The first kappa shape index (κ1) is 16.1. The van der Waals surface area contributed by atoms with Gasteiger partial charge in [0.2, 0.25) is 0 Å². The summed E-state index contributed by atoms with van der Waals surface area (Å²) >= 11 is 0. The highest BCUT2D eigenvalue weighted by Crippen LogP contribution is 2.33. The van der Waals surface area contributed by atoms with Crippen LogP contribution in [0, 0.1) is 5.92 Å². The number of rotatable bonds is 6. The lowest BCUT2D eigenvalue weighted by Crippen LogP contribution is -2.32. The molecule has 1 N–H and O–H groups in total. The fraction of sp³-hybridized carbons (Fsp3) is 0.500. The smallest absolute Gasteiger partial charge is 0.265 e. The van der Waals surface area contributed by atoms with Gasteiger partial charge < -0.3 is 10.1 Å². The van der Waals surface area contributed by atoms with E-state index in [2.05, 4.69) is 5.32 Å². The fourth-order valence-electron chi connectivity index (χ4n) is 2.23. The molecule has 5 nitrogen and oxygen atoms in total. The Morgan fingerprint density at radius 3 is 2.67 bits per heavy atom. The number of hydrogen-bond acceptors (Lipinski definition) is 4. The minimum absolute atomic E-state index is 0.0585. The van der Waals surface area contributed by atoms with E-state index in [4.69, 9.17) is 15.4 Å². The SMILES string of the molecule is COc1ccc(C(=O)NC(C)CC2CC2)cc1S(=O)(=O)Cl. The van der Waals surface area contributed by atoms with Crippen LogP contribution in [0.15, 0.2) is 23.1 Å². The quantitative estimate of drug-likeness (QED) is 0.813. The molecule has 1 saturated carbocycles. The first-order valence-electron chi connectivity index (χ1n) is 6.75. The van der Waals surface area contributed by atoms with Crippen molar-refractivity contribution in [2.24, 2.45) is 5.92 Å². The minimum atomic E-state index is -3.97. The normalized spacial score (nSPS) is 16.3. The highest BCUT2D eigenvalue weighted by Gasteiger charge is 2.25. The van der Waals surface area contributed by atoms with E-state index < -0.39 is 9.05 Å². The minimum Gasteiger partial charge on any atom is -0.495 e. The number of nitrogens with one attached hydrogen (secondary N) is 1. The van der Waals surface area contributed by atoms with Gasteiger partial charge in [-0.1, -0.05) is 12.8 Å². The molecule has 1 unspecified atom stereocenters. The zero-order valence-electron chi connectivity index (χ0n) is 11.9. The lowest BCUT2D eigenvalue weighted by Gasteiger charge is -2.14. The monoisotopic (exact) mass is 331 g/mol. The van der Waals surface area contributed by atoms with Gasteiger partial charge in [0.25, 0.3) is 15.0 Å².